The molecule has 3 nitrogen and oxygen atoms in total. The summed E-state index contributed by atoms with van der Waals surface area (Å²) in [7, 11) is 0. The largest absolute Gasteiger partial charge is 0.489 e. The number of aromatic nitrogens is 2. The van der Waals surface area contributed by atoms with Crippen molar-refractivity contribution in [1.82, 2.24) is 9.97 Å². The maximum atomic E-state index is 6.05. The molecule has 0 fully saturated rings. The molecular formula is C24H20N2O. The number of H-pyrrole nitrogens is 1. The summed E-state index contributed by atoms with van der Waals surface area (Å²) in [6.45, 7) is 4.92. The van der Waals surface area contributed by atoms with Gasteiger partial charge in [-0.05, 0) is 60.2 Å². The van der Waals surface area contributed by atoms with Crippen LogP contribution < -0.4 is 4.74 Å². The Morgan fingerprint density at radius 3 is 2.59 bits per heavy atom. The van der Waals surface area contributed by atoms with Crippen molar-refractivity contribution in [2.24, 2.45) is 0 Å². The van der Waals surface area contributed by atoms with E-state index in [0.29, 0.717) is 6.61 Å². The molecule has 5 aromatic rings. The number of hydrogen-bond donors (Lipinski definition) is 1. The van der Waals surface area contributed by atoms with Gasteiger partial charge in [-0.25, -0.2) is 0 Å². The lowest BCUT2D eigenvalue weighted by molar-refractivity contribution is 0.306. The molecule has 0 aliphatic carbocycles. The number of ether oxygens (including phenoxy) is 1. The quantitative estimate of drug-likeness (QED) is 0.428. The highest BCUT2D eigenvalue weighted by molar-refractivity contribution is 6.16. The van der Waals surface area contributed by atoms with Gasteiger partial charge >= 0.3 is 0 Å². The molecule has 0 radical (unpaired) electrons. The van der Waals surface area contributed by atoms with Crippen molar-refractivity contribution < 1.29 is 4.74 Å². The van der Waals surface area contributed by atoms with Gasteiger partial charge in [0.2, 0.25) is 0 Å². The highest BCUT2D eigenvalue weighted by atomic mass is 16.5. The van der Waals surface area contributed by atoms with E-state index in [0.717, 1.165) is 11.3 Å². The lowest BCUT2D eigenvalue weighted by Gasteiger charge is -2.09. The number of aryl methyl sites for hydroxylation is 2. The monoisotopic (exact) mass is 352 g/mol. The van der Waals surface area contributed by atoms with E-state index in [1.165, 1.54) is 43.8 Å². The first kappa shape index (κ1) is 15.9. The molecule has 3 aromatic carbocycles. The van der Waals surface area contributed by atoms with Crippen molar-refractivity contribution in [3.05, 3.63) is 83.7 Å². The molecule has 0 aliphatic heterocycles. The first-order valence-corrected chi connectivity index (χ1v) is 9.17. The fourth-order valence-corrected chi connectivity index (χ4v) is 3.96. The van der Waals surface area contributed by atoms with Crippen LogP contribution in [0.5, 0.6) is 5.75 Å². The second kappa shape index (κ2) is 6.13. The van der Waals surface area contributed by atoms with E-state index < -0.39 is 0 Å². The summed E-state index contributed by atoms with van der Waals surface area (Å²) in [6, 6.07) is 18.6. The number of rotatable bonds is 3. The minimum atomic E-state index is 0.569. The van der Waals surface area contributed by atoms with E-state index in [1.54, 1.807) is 0 Å². The fourth-order valence-electron chi connectivity index (χ4n) is 3.96. The Labute approximate surface area is 157 Å². The van der Waals surface area contributed by atoms with Crippen LogP contribution in [0.3, 0.4) is 0 Å². The van der Waals surface area contributed by atoms with Gasteiger partial charge in [-0.2, -0.15) is 0 Å². The Morgan fingerprint density at radius 2 is 1.74 bits per heavy atom. The Hall–Kier alpha value is -3.33. The second-order valence-corrected chi connectivity index (χ2v) is 7.03. The third-order valence-electron chi connectivity index (χ3n) is 5.40. The van der Waals surface area contributed by atoms with Crippen LogP contribution in [0.25, 0.3) is 32.6 Å². The molecule has 2 heterocycles. The van der Waals surface area contributed by atoms with E-state index in [4.69, 9.17) is 4.74 Å². The average Bonchev–Trinajstić information content (AvgIpc) is 3.10. The van der Waals surface area contributed by atoms with Gasteiger partial charge in [0.1, 0.15) is 12.4 Å². The molecule has 0 amide bonds. The number of hydrogen-bond acceptors (Lipinski definition) is 2. The predicted molar refractivity (Wildman–Crippen MR) is 111 cm³/mol. The van der Waals surface area contributed by atoms with Crippen LogP contribution in [-0.2, 0) is 6.61 Å². The zero-order valence-corrected chi connectivity index (χ0v) is 15.4. The number of fused-ring (bicyclic) bond motifs is 4. The SMILES string of the molecule is Cc1c2ccncc2c(C)c2c1[nH]c1ccc(OCc3ccccc3)cc12. The Balaban J connectivity index is 1.66. The molecule has 2 aromatic heterocycles. The summed E-state index contributed by atoms with van der Waals surface area (Å²) in [4.78, 5) is 7.94. The number of aromatic amines is 1. The van der Waals surface area contributed by atoms with Crippen LogP contribution in [0.2, 0.25) is 0 Å². The topological polar surface area (TPSA) is 37.9 Å². The minimum Gasteiger partial charge on any atom is -0.489 e. The molecule has 0 saturated carbocycles. The molecule has 27 heavy (non-hydrogen) atoms. The first-order chi connectivity index (χ1) is 13.2. The van der Waals surface area contributed by atoms with Crippen molar-refractivity contribution >= 4 is 32.6 Å². The molecule has 0 bridgehead atoms. The molecule has 0 aliphatic rings. The van der Waals surface area contributed by atoms with Crippen LogP contribution in [0.15, 0.2) is 67.0 Å². The van der Waals surface area contributed by atoms with Gasteiger partial charge in [0.05, 0.1) is 5.52 Å². The molecule has 0 atom stereocenters. The zero-order valence-electron chi connectivity index (χ0n) is 15.4. The highest BCUT2D eigenvalue weighted by Crippen LogP contribution is 2.37. The standard InChI is InChI=1S/C24H20N2O/c1-15-21-13-25-11-10-19(21)16(2)24-23(15)20-12-18(8-9-22(20)26-24)27-14-17-6-4-3-5-7-17/h3-13,26H,14H2,1-2H3. The lowest BCUT2D eigenvalue weighted by atomic mass is 9.97. The van der Waals surface area contributed by atoms with Crippen molar-refractivity contribution in [3.63, 3.8) is 0 Å². The molecule has 0 saturated heterocycles. The first-order valence-electron chi connectivity index (χ1n) is 9.17. The predicted octanol–water partition coefficient (Wildman–Crippen LogP) is 6.07. The third-order valence-corrected chi connectivity index (χ3v) is 5.40. The van der Waals surface area contributed by atoms with Crippen LogP contribution in [-0.4, -0.2) is 9.97 Å². The zero-order chi connectivity index (χ0) is 18.4. The van der Waals surface area contributed by atoms with Crippen LogP contribution in [0.4, 0.5) is 0 Å². The summed E-state index contributed by atoms with van der Waals surface area (Å²) in [5.74, 6) is 0.885. The van der Waals surface area contributed by atoms with Crippen molar-refractivity contribution in [2.75, 3.05) is 0 Å². The van der Waals surface area contributed by atoms with Gasteiger partial charge in [0.25, 0.3) is 0 Å². The summed E-state index contributed by atoms with van der Waals surface area (Å²) >= 11 is 0. The van der Waals surface area contributed by atoms with Crippen LogP contribution in [0.1, 0.15) is 16.7 Å². The summed E-state index contributed by atoms with van der Waals surface area (Å²) in [5.41, 5.74) is 6.01. The van der Waals surface area contributed by atoms with Crippen molar-refractivity contribution in [3.8, 4) is 5.75 Å². The number of nitrogens with zero attached hydrogens (tertiary/aromatic N) is 1. The number of pyridine rings is 1. The lowest BCUT2D eigenvalue weighted by Crippen LogP contribution is -1.94. The smallest absolute Gasteiger partial charge is 0.120 e. The number of benzene rings is 3. The van der Waals surface area contributed by atoms with E-state index in [1.807, 2.05) is 36.7 Å². The maximum absolute atomic E-state index is 6.05. The molecule has 132 valence electrons. The van der Waals surface area contributed by atoms with Gasteiger partial charge in [0, 0.05) is 34.1 Å². The van der Waals surface area contributed by atoms with Crippen LogP contribution >= 0.6 is 0 Å². The summed E-state index contributed by atoms with van der Waals surface area (Å²) in [6.07, 6.45) is 3.82. The van der Waals surface area contributed by atoms with Crippen molar-refractivity contribution in [1.29, 1.82) is 0 Å². The van der Waals surface area contributed by atoms with E-state index in [-0.39, 0.29) is 0 Å². The molecule has 3 heteroatoms. The Kier molecular flexibility index (Phi) is 3.61. The van der Waals surface area contributed by atoms with Gasteiger partial charge in [-0.15, -0.1) is 0 Å². The molecular weight excluding hydrogens is 332 g/mol. The van der Waals surface area contributed by atoms with Gasteiger partial charge in [-0.1, -0.05) is 30.3 Å². The second-order valence-electron chi connectivity index (χ2n) is 7.03. The third kappa shape index (κ3) is 2.55. The fraction of sp³-hybridized carbons (Fsp3) is 0.125. The van der Waals surface area contributed by atoms with Crippen molar-refractivity contribution in [2.45, 2.75) is 20.5 Å². The normalized spacial score (nSPS) is 11.5. The van der Waals surface area contributed by atoms with E-state index in [9.17, 15) is 0 Å². The van der Waals surface area contributed by atoms with E-state index in [2.05, 4.69) is 54.1 Å². The van der Waals surface area contributed by atoms with Gasteiger partial charge in [-0.3, -0.25) is 4.98 Å². The van der Waals surface area contributed by atoms with Crippen LogP contribution in [0, 0.1) is 13.8 Å². The van der Waals surface area contributed by atoms with Gasteiger partial charge in [0.15, 0.2) is 0 Å². The molecule has 5 rings (SSSR count). The summed E-state index contributed by atoms with van der Waals surface area (Å²) < 4.78 is 6.05. The average molecular weight is 352 g/mol. The number of nitrogens with one attached hydrogen (secondary N) is 1. The van der Waals surface area contributed by atoms with Gasteiger partial charge < -0.3 is 9.72 Å². The molecule has 0 unspecified atom stereocenters. The molecule has 0 spiro atoms. The van der Waals surface area contributed by atoms with E-state index >= 15 is 0 Å². The Bertz CT molecular complexity index is 1290. The highest BCUT2D eigenvalue weighted by Gasteiger charge is 2.14. The summed E-state index contributed by atoms with van der Waals surface area (Å²) in [5, 5.41) is 4.91. The maximum Gasteiger partial charge on any atom is 0.120 e. The molecule has 1 N–H and O–H groups in total. The minimum absolute atomic E-state index is 0.569. The Morgan fingerprint density at radius 1 is 0.889 bits per heavy atom.